The summed E-state index contributed by atoms with van der Waals surface area (Å²) in [7, 11) is -18.6. The molecule has 6 N–H and O–H groups in total. The first kappa shape index (κ1) is 39.0. The maximum absolute atomic E-state index is 14.4. The number of nitrogens with zero attached hydrogens (tertiary/aromatic N) is 7. The fourth-order valence-electron chi connectivity index (χ4n) is 7.67. The Labute approximate surface area is 344 Å². The van der Waals surface area contributed by atoms with Crippen molar-refractivity contribution in [1.82, 2.24) is 44.2 Å². The van der Waals surface area contributed by atoms with Gasteiger partial charge in [0, 0.05) is 45.8 Å². The summed E-state index contributed by atoms with van der Waals surface area (Å²) in [6.07, 6.45) is 0. The summed E-state index contributed by atoms with van der Waals surface area (Å²) in [6.45, 7) is 0.412. The van der Waals surface area contributed by atoms with Gasteiger partial charge in [-0.3, -0.25) is 9.11 Å². The van der Waals surface area contributed by atoms with Gasteiger partial charge in [0.05, 0.1) is 34.1 Å². The highest BCUT2D eigenvalue weighted by atomic mass is 32.2. The fraction of sp³-hybridized carbons (Fsp3) is 0.111. The maximum atomic E-state index is 14.4. The normalized spacial score (nSPS) is 14.9. The molecule has 3 aliphatic rings. The molecule has 21 nitrogen and oxygen atoms in total. The molecule has 0 saturated carbocycles. The molecule has 7 aromatic rings. The van der Waals surface area contributed by atoms with Crippen LogP contribution in [0.15, 0.2) is 92.4 Å². The maximum Gasteiger partial charge on any atom is 0.295 e. The smallest absolute Gasteiger partial charge is 0.295 e. The first-order chi connectivity index (χ1) is 28.9. The number of ether oxygens (including phenoxy) is 1. The minimum Gasteiger partial charge on any atom is -0.379 e. The number of benzene rings is 4. The van der Waals surface area contributed by atoms with Crippen molar-refractivity contribution < 1.29 is 47.5 Å². The van der Waals surface area contributed by atoms with Crippen LogP contribution in [0.5, 0.6) is 0 Å². The number of hydrogen-bond donors (Lipinski definition) is 5. The molecule has 3 aliphatic heterocycles. The van der Waals surface area contributed by atoms with E-state index in [4.69, 9.17) is 19.8 Å². The Morgan fingerprint density at radius 2 is 0.967 bits per heavy atom. The number of rotatable bonds is 5. The number of morpholine rings is 1. The van der Waals surface area contributed by atoms with E-state index in [9.17, 15) is 42.8 Å². The number of hydrogen-bond acceptors (Lipinski definition) is 15. The van der Waals surface area contributed by atoms with Gasteiger partial charge in [0.25, 0.3) is 20.2 Å². The van der Waals surface area contributed by atoms with Gasteiger partial charge in [-0.1, -0.05) is 48.5 Å². The molecule has 3 aromatic heterocycles. The van der Waals surface area contributed by atoms with E-state index in [1.165, 1.54) is 58.9 Å². The third-order valence-electron chi connectivity index (χ3n) is 10.2. The van der Waals surface area contributed by atoms with Crippen molar-refractivity contribution in [1.29, 1.82) is 0 Å². The molecule has 0 unspecified atom stereocenters. The fourth-order valence-corrected chi connectivity index (χ4v) is 11.5. The summed E-state index contributed by atoms with van der Waals surface area (Å²) < 4.78 is 133. The van der Waals surface area contributed by atoms with E-state index >= 15 is 0 Å². The van der Waals surface area contributed by atoms with Crippen molar-refractivity contribution in [3.05, 3.63) is 72.8 Å². The van der Waals surface area contributed by atoms with Crippen LogP contribution in [-0.2, 0) is 45.0 Å². The third-order valence-corrected chi connectivity index (χ3v) is 14.9. The monoisotopic (exact) mass is 902 g/mol. The van der Waals surface area contributed by atoms with Crippen LogP contribution in [0.1, 0.15) is 0 Å². The van der Waals surface area contributed by atoms with Crippen LogP contribution in [0.4, 0.5) is 0 Å². The lowest BCUT2D eigenvalue weighted by atomic mass is 10.1. The molecule has 1 fully saturated rings. The quantitative estimate of drug-likeness (QED) is 0.155. The molecule has 0 spiro atoms. The van der Waals surface area contributed by atoms with Crippen molar-refractivity contribution >= 4 is 84.4 Å². The van der Waals surface area contributed by atoms with E-state index in [-0.39, 0.29) is 121 Å². The second-order valence-electron chi connectivity index (χ2n) is 13.8. The number of fused-ring (bicyclic) bond motifs is 20. The summed E-state index contributed by atoms with van der Waals surface area (Å²) in [6, 6.07) is 16.2. The van der Waals surface area contributed by atoms with Crippen molar-refractivity contribution in [2.75, 3.05) is 26.3 Å². The molecule has 0 radical (unpaired) electrons. The third kappa shape index (κ3) is 6.28. The average Bonchev–Trinajstić information content (AvgIpc) is 3.95. The van der Waals surface area contributed by atoms with Crippen molar-refractivity contribution in [3.8, 4) is 45.6 Å². The van der Waals surface area contributed by atoms with E-state index in [0.717, 1.165) is 12.1 Å². The molecule has 4 aromatic carbocycles. The molecule has 61 heavy (non-hydrogen) atoms. The molecule has 310 valence electrons. The summed E-state index contributed by atoms with van der Waals surface area (Å²) in [4.78, 5) is 32.0. The second-order valence-corrected chi connectivity index (χ2v) is 20.1. The molecule has 1 saturated heterocycles. The lowest BCUT2D eigenvalue weighted by molar-refractivity contribution is 0.0730. The van der Waals surface area contributed by atoms with E-state index in [0.29, 0.717) is 0 Å². The largest absolute Gasteiger partial charge is 0.379 e. The van der Waals surface area contributed by atoms with Gasteiger partial charge in [0.2, 0.25) is 20.0 Å². The number of primary sulfonamides is 1. The van der Waals surface area contributed by atoms with Gasteiger partial charge in [-0.05, 0) is 24.3 Å². The number of aromatic amines is 2. The molecule has 10 rings (SSSR count). The number of sulfonamides is 2. The number of nitrogens with two attached hydrogens (primary N) is 1. The number of nitrogens with one attached hydrogen (secondary N) is 2. The lowest BCUT2D eigenvalue weighted by Gasteiger charge is -2.26. The highest BCUT2D eigenvalue weighted by Crippen LogP contribution is 2.43. The highest BCUT2D eigenvalue weighted by Gasteiger charge is 2.33. The molecule has 8 bridgehead atoms. The highest BCUT2D eigenvalue weighted by molar-refractivity contribution is 7.89. The molecular weight excluding hydrogens is 877 g/mol. The molecular formula is C36H26N10O11S4. The zero-order valence-corrected chi connectivity index (χ0v) is 33.9. The lowest BCUT2D eigenvalue weighted by Crippen LogP contribution is -2.40. The number of H-pyrrole nitrogens is 2. The van der Waals surface area contributed by atoms with Gasteiger partial charge in [-0.2, -0.15) is 21.1 Å². The molecule has 0 aliphatic carbocycles. The van der Waals surface area contributed by atoms with Crippen LogP contribution in [0.3, 0.4) is 0 Å². The van der Waals surface area contributed by atoms with E-state index < -0.39 is 55.0 Å². The van der Waals surface area contributed by atoms with Gasteiger partial charge in [-0.15, -0.1) is 0 Å². The van der Waals surface area contributed by atoms with Gasteiger partial charge >= 0.3 is 0 Å². The van der Waals surface area contributed by atoms with Gasteiger partial charge < -0.3 is 14.7 Å². The Bertz CT molecular complexity index is 3760. The molecule has 0 amide bonds. The predicted octanol–water partition coefficient (Wildman–Crippen LogP) is 3.03. The zero-order chi connectivity index (χ0) is 42.8. The Kier molecular flexibility index (Phi) is 8.58. The van der Waals surface area contributed by atoms with Crippen LogP contribution in [0.25, 0.3) is 89.7 Å². The van der Waals surface area contributed by atoms with E-state index in [2.05, 4.69) is 29.9 Å². The Morgan fingerprint density at radius 3 is 1.56 bits per heavy atom. The van der Waals surface area contributed by atoms with Gasteiger partial charge in [0.15, 0.2) is 23.3 Å². The summed E-state index contributed by atoms with van der Waals surface area (Å²) >= 11 is 0. The number of aromatic nitrogens is 8. The van der Waals surface area contributed by atoms with Crippen molar-refractivity contribution in [2.24, 2.45) is 5.14 Å². The summed E-state index contributed by atoms with van der Waals surface area (Å²) in [5.41, 5.74) is -0.743. The molecule has 6 heterocycles. The molecule has 0 atom stereocenters. The summed E-state index contributed by atoms with van der Waals surface area (Å²) in [5.74, 6) is -1.05. The predicted molar refractivity (Wildman–Crippen MR) is 217 cm³/mol. The zero-order valence-electron chi connectivity index (χ0n) is 30.7. The van der Waals surface area contributed by atoms with E-state index in [1.807, 2.05) is 0 Å². The van der Waals surface area contributed by atoms with Crippen LogP contribution >= 0.6 is 0 Å². The Morgan fingerprint density at radius 1 is 0.525 bits per heavy atom. The van der Waals surface area contributed by atoms with Crippen LogP contribution in [-0.4, -0.2) is 113 Å². The Balaban J connectivity index is 1.45. The first-order valence-corrected chi connectivity index (χ1v) is 23.7. The van der Waals surface area contributed by atoms with Crippen LogP contribution in [0, 0.1) is 0 Å². The summed E-state index contributed by atoms with van der Waals surface area (Å²) in [5, 5.41) is 5.80. The topological polar surface area (TPSA) is 324 Å². The minimum absolute atomic E-state index is 0.0119. The first-order valence-electron chi connectivity index (χ1n) is 17.8. The SMILES string of the molecule is NS(=O)(=O)c1cccc2c1-c1nc-2nc2[nH]c(nc3[nH]c(nc4nc(n1)-c1cccc(S(=O)(=O)O)c1-4)c1cccc(S(=O)(=O)O)c31)c1cccc(S(=O)(=O)N3CCOCC3)c21. The standard InChI is InChI=1S/C36H26N10O11S4/c37-58(47,48)21-9-1-5-17-25(21)33-38-29(17)40-34-26-18(6-2-10-22(26)59(49,50)46-13-15-57-16-14-46)30(41-34)42-35-28-20(8-4-12-24(28)61(54,55)56)32(44-35)45-36-27-19(31(39-33)43-36)7-3-11-23(27)60(51,52)53/h1-12H,13-16H2,(H2,37,47,48)(H,51,52,53)(H,54,55,56)(H2,38,39,40,41,42,43,44,45). The second kappa shape index (κ2) is 13.4. The van der Waals surface area contributed by atoms with Gasteiger partial charge in [0.1, 0.15) is 32.4 Å². The average molecular weight is 903 g/mol. The van der Waals surface area contributed by atoms with Gasteiger partial charge in [-0.25, -0.2) is 51.9 Å². The van der Waals surface area contributed by atoms with E-state index in [1.54, 1.807) is 6.07 Å². The van der Waals surface area contributed by atoms with Crippen LogP contribution < -0.4 is 5.14 Å². The van der Waals surface area contributed by atoms with Crippen LogP contribution in [0.2, 0.25) is 0 Å². The minimum atomic E-state index is -4.96. The van der Waals surface area contributed by atoms with Crippen molar-refractivity contribution in [2.45, 2.75) is 19.6 Å². The van der Waals surface area contributed by atoms with Crippen molar-refractivity contribution in [3.63, 3.8) is 0 Å². The Hall–Kier alpha value is -6.16. The molecule has 25 heteroatoms.